The normalized spacial score (nSPS) is 14.8. The molecule has 9 heteroatoms. The van der Waals surface area contributed by atoms with Gasteiger partial charge in [-0.15, -0.1) is 0 Å². The Bertz CT molecular complexity index is 1560. The van der Waals surface area contributed by atoms with Gasteiger partial charge >= 0.3 is 0 Å². The number of hydrogen-bond donors (Lipinski definition) is 1. The molecule has 5 rings (SSSR count). The summed E-state index contributed by atoms with van der Waals surface area (Å²) in [6.07, 6.45) is 7.14. The van der Waals surface area contributed by atoms with Crippen molar-refractivity contribution in [2.45, 2.75) is 49.4 Å². The van der Waals surface area contributed by atoms with Crippen LogP contribution in [0.2, 0.25) is 0 Å². The summed E-state index contributed by atoms with van der Waals surface area (Å²) in [6, 6.07) is 18.9. The molecular weight excluding hydrogens is 522 g/mol. The molecule has 4 aromatic rings. The number of thioether (sulfide) groups is 1. The highest BCUT2D eigenvalue weighted by molar-refractivity contribution is 8.00. The van der Waals surface area contributed by atoms with E-state index in [1.54, 1.807) is 23.0 Å². The number of nitrogens with two attached hydrogens (primary N) is 1. The summed E-state index contributed by atoms with van der Waals surface area (Å²) in [5, 5.41) is 0.586. The molecule has 1 fully saturated rings. The maximum atomic E-state index is 13.9. The summed E-state index contributed by atoms with van der Waals surface area (Å²) in [5.41, 5.74) is 8.47. The summed E-state index contributed by atoms with van der Waals surface area (Å²) in [6.45, 7) is 3.10. The van der Waals surface area contributed by atoms with E-state index in [1.807, 2.05) is 59.5 Å². The lowest BCUT2D eigenvalue weighted by Crippen LogP contribution is -2.45. The lowest BCUT2D eigenvalue weighted by atomic mass is 9.96. The number of aromatic nitrogens is 3. The van der Waals surface area contributed by atoms with Crippen LogP contribution in [0.4, 0.5) is 0 Å². The monoisotopic (exact) mass is 555 g/mol. The zero-order valence-electron chi connectivity index (χ0n) is 22.5. The molecule has 206 valence electrons. The van der Waals surface area contributed by atoms with Gasteiger partial charge in [-0.25, -0.2) is 4.98 Å². The van der Waals surface area contributed by atoms with Crippen LogP contribution in [0.25, 0.3) is 27.7 Å². The van der Waals surface area contributed by atoms with Gasteiger partial charge in [-0.3, -0.25) is 23.9 Å². The van der Waals surface area contributed by atoms with Gasteiger partial charge in [0.1, 0.15) is 0 Å². The molecule has 0 spiro atoms. The van der Waals surface area contributed by atoms with E-state index in [0.717, 1.165) is 24.0 Å². The van der Waals surface area contributed by atoms with E-state index in [4.69, 9.17) is 10.7 Å². The maximum Gasteiger partial charge on any atom is 0.266 e. The Labute approximate surface area is 237 Å². The van der Waals surface area contributed by atoms with Gasteiger partial charge in [0, 0.05) is 37.0 Å². The minimum absolute atomic E-state index is 0.0134. The van der Waals surface area contributed by atoms with Gasteiger partial charge in [-0.1, -0.05) is 61.9 Å². The largest absolute Gasteiger partial charge is 0.369 e. The van der Waals surface area contributed by atoms with E-state index in [1.165, 1.54) is 11.8 Å². The number of carbonyl (C=O) groups is 2. The highest BCUT2D eigenvalue weighted by Gasteiger charge is 2.31. The zero-order chi connectivity index (χ0) is 28.1. The molecule has 3 heterocycles. The van der Waals surface area contributed by atoms with Crippen molar-refractivity contribution in [1.82, 2.24) is 19.4 Å². The van der Waals surface area contributed by atoms with Crippen molar-refractivity contribution in [3.63, 3.8) is 0 Å². The third-order valence-electron chi connectivity index (χ3n) is 7.40. The summed E-state index contributed by atoms with van der Waals surface area (Å²) in [7, 11) is 0. The van der Waals surface area contributed by atoms with Gasteiger partial charge in [0.2, 0.25) is 11.8 Å². The van der Waals surface area contributed by atoms with Crippen molar-refractivity contribution in [3.05, 3.63) is 83.4 Å². The molecular formula is C31H33N5O3S. The molecule has 1 aliphatic rings. The molecule has 1 saturated heterocycles. The van der Waals surface area contributed by atoms with Gasteiger partial charge in [0.15, 0.2) is 5.16 Å². The molecule has 1 aliphatic heterocycles. The Morgan fingerprint density at radius 2 is 1.82 bits per heavy atom. The van der Waals surface area contributed by atoms with Crippen molar-refractivity contribution in [2.75, 3.05) is 13.1 Å². The number of benzene rings is 2. The molecule has 2 aromatic carbocycles. The Hall–Kier alpha value is -3.98. The molecule has 2 N–H and O–H groups in total. The van der Waals surface area contributed by atoms with Crippen LogP contribution in [0, 0.1) is 5.92 Å². The summed E-state index contributed by atoms with van der Waals surface area (Å²) >= 11 is 1.35. The first kappa shape index (κ1) is 27.6. The number of hydrogen-bond acceptors (Lipinski definition) is 6. The third-order valence-corrected chi connectivity index (χ3v) is 8.60. The molecule has 0 aliphatic carbocycles. The molecule has 2 amide bonds. The van der Waals surface area contributed by atoms with Crippen LogP contribution in [0.15, 0.2) is 83.0 Å². The molecule has 1 unspecified atom stereocenters. The number of unbranched alkanes of at least 4 members (excludes halogenated alkanes) is 1. The van der Waals surface area contributed by atoms with Crippen molar-refractivity contribution in [2.24, 2.45) is 11.7 Å². The fourth-order valence-electron chi connectivity index (χ4n) is 5.11. The van der Waals surface area contributed by atoms with Gasteiger partial charge < -0.3 is 10.6 Å². The van der Waals surface area contributed by atoms with Crippen LogP contribution >= 0.6 is 11.8 Å². The average Bonchev–Trinajstić information content (AvgIpc) is 2.99. The Kier molecular flexibility index (Phi) is 8.60. The van der Waals surface area contributed by atoms with Crippen LogP contribution < -0.4 is 11.3 Å². The molecule has 2 aromatic heterocycles. The number of fused-ring (bicyclic) bond motifs is 1. The molecule has 0 radical (unpaired) electrons. The third kappa shape index (κ3) is 5.94. The summed E-state index contributed by atoms with van der Waals surface area (Å²) in [4.78, 5) is 50.3. The second-order valence-corrected chi connectivity index (χ2v) is 11.3. The first-order chi connectivity index (χ1) is 19.5. The van der Waals surface area contributed by atoms with E-state index < -0.39 is 5.25 Å². The standard InChI is InChI=1S/C31H33N5O3S/c1-2-3-13-27(30(39)35-17-14-21(15-18-35)28(32)37)40-31-34-26-12-5-4-11-25(26)29(38)36(31)24-10-6-8-22(19-24)23-9-7-16-33-20-23/h4-12,16,19-21,27H,2-3,13-15,17-18H2,1H3,(H2,32,37). The molecule has 40 heavy (non-hydrogen) atoms. The van der Waals surface area contributed by atoms with Crippen LogP contribution in [0.1, 0.15) is 39.0 Å². The van der Waals surface area contributed by atoms with Crippen molar-refractivity contribution >= 4 is 34.5 Å². The first-order valence-electron chi connectivity index (χ1n) is 13.7. The van der Waals surface area contributed by atoms with Crippen LogP contribution in [-0.2, 0) is 9.59 Å². The van der Waals surface area contributed by atoms with E-state index in [2.05, 4.69) is 11.9 Å². The van der Waals surface area contributed by atoms with Crippen molar-refractivity contribution in [3.8, 4) is 16.8 Å². The predicted molar refractivity (Wildman–Crippen MR) is 158 cm³/mol. The SMILES string of the molecule is CCCCC(Sc1nc2ccccc2c(=O)n1-c1cccc(-c2cccnc2)c1)C(=O)N1CCC(C(N)=O)CC1. The van der Waals surface area contributed by atoms with Crippen LogP contribution in [0.5, 0.6) is 0 Å². The topological polar surface area (TPSA) is 111 Å². The zero-order valence-corrected chi connectivity index (χ0v) is 23.3. The number of carbonyl (C=O) groups excluding carboxylic acids is 2. The molecule has 1 atom stereocenters. The summed E-state index contributed by atoms with van der Waals surface area (Å²) in [5.74, 6) is -0.480. The molecule has 0 saturated carbocycles. The number of rotatable bonds is 9. The smallest absolute Gasteiger partial charge is 0.266 e. The van der Waals surface area contributed by atoms with Gasteiger partial charge in [0.25, 0.3) is 5.56 Å². The Morgan fingerprint density at radius 3 is 2.55 bits per heavy atom. The second-order valence-electron chi connectivity index (χ2n) is 10.1. The minimum atomic E-state index is -0.411. The Morgan fingerprint density at radius 1 is 1.05 bits per heavy atom. The van der Waals surface area contributed by atoms with E-state index >= 15 is 0 Å². The number of nitrogens with zero attached hydrogens (tertiary/aromatic N) is 4. The lowest BCUT2D eigenvalue weighted by molar-refractivity contribution is -0.134. The maximum absolute atomic E-state index is 13.9. The second kappa shape index (κ2) is 12.5. The van der Waals surface area contributed by atoms with E-state index in [0.29, 0.717) is 54.1 Å². The van der Waals surface area contributed by atoms with E-state index in [9.17, 15) is 14.4 Å². The van der Waals surface area contributed by atoms with Crippen LogP contribution in [-0.4, -0.2) is 49.6 Å². The number of para-hydroxylation sites is 1. The highest BCUT2D eigenvalue weighted by atomic mass is 32.2. The lowest BCUT2D eigenvalue weighted by Gasteiger charge is -2.33. The molecule has 0 bridgehead atoms. The number of pyridine rings is 1. The molecule has 8 nitrogen and oxygen atoms in total. The first-order valence-corrected chi connectivity index (χ1v) is 14.6. The average molecular weight is 556 g/mol. The van der Waals surface area contributed by atoms with Crippen molar-refractivity contribution in [1.29, 1.82) is 0 Å². The minimum Gasteiger partial charge on any atom is -0.369 e. The number of likely N-dealkylation sites (tertiary alicyclic amines) is 1. The number of amides is 2. The fraction of sp³-hybridized carbons (Fsp3) is 0.323. The quantitative estimate of drug-likeness (QED) is 0.234. The van der Waals surface area contributed by atoms with Crippen LogP contribution in [0.3, 0.4) is 0 Å². The van der Waals surface area contributed by atoms with Gasteiger partial charge in [-0.2, -0.15) is 0 Å². The fourth-order valence-corrected chi connectivity index (χ4v) is 6.35. The van der Waals surface area contributed by atoms with E-state index in [-0.39, 0.29) is 23.3 Å². The van der Waals surface area contributed by atoms with Gasteiger partial charge in [0.05, 0.1) is 21.8 Å². The summed E-state index contributed by atoms with van der Waals surface area (Å²) < 4.78 is 1.62. The number of piperidine rings is 1. The van der Waals surface area contributed by atoms with Gasteiger partial charge in [-0.05, 0) is 55.2 Å². The number of primary amides is 1. The Balaban J connectivity index is 1.54. The highest BCUT2D eigenvalue weighted by Crippen LogP contribution is 2.31. The predicted octanol–water partition coefficient (Wildman–Crippen LogP) is 4.82. The van der Waals surface area contributed by atoms with Crippen molar-refractivity contribution < 1.29 is 9.59 Å².